The Morgan fingerprint density at radius 2 is 2.05 bits per heavy atom. The predicted molar refractivity (Wildman–Crippen MR) is 77.7 cm³/mol. The van der Waals surface area contributed by atoms with Gasteiger partial charge in [0.25, 0.3) is 0 Å². The lowest BCUT2D eigenvalue weighted by Crippen LogP contribution is -2.46. The summed E-state index contributed by atoms with van der Waals surface area (Å²) in [5.41, 5.74) is 7.81. The smallest absolute Gasteiger partial charge is 0.422 e. The first kappa shape index (κ1) is 15.7. The average Bonchev–Trinajstić information content (AvgIpc) is 2.63. The van der Waals surface area contributed by atoms with Crippen LogP contribution in [0.1, 0.15) is 31.0 Å². The van der Waals surface area contributed by atoms with Crippen molar-refractivity contribution >= 4 is 16.3 Å². The molecule has 1 aliphatic rings. The van der Waals surface area contributed by atoms with Crippen LogP contribution in [0.3, 0.4) is 0 Å². The maximum absolute atomic E-state index is 12.0. The average molecular weight is 313 g/mol. The van der Waals surface area contributed by atoms with Crippen LogP contribution in [-0.4, -0.2) is 26.7 Å². The van der Waals surface area contributed by atoms with E-state index in [2.05, 4.69) is 4.72 Å². The van der Waals surface area contributed by atoms with Crippen molar-refractivity contribution in [3.05, 3.63) is 35.4 Å². The van der Waals surface area contributed by atoms with Gasteiger partial charge in [-0.1, -0.05) is 24.3 Å². The Balaban J connectivity index is 2.09. The molecule has 1 aromatic rings. The van der Waals surface area contributed by atoms with E-state index in [1.165, 1.54) is 0 Å². The molecule has 0 fully saturated rings. The molecule has 21 heavy (non-hydrogen) atoms. The van der Waals surface area contributed by atoms with Gasteiger partial charge >= 0.3 is 16.3 Å². The summed E-state index contributed by atoms with van der Waals surface area (Å²) in [5, 5.41) is 0. The predicted octanol–water partition coefficient (Wildman–Crippen LogP) is 0.580. The van der Waals surface area contributed by atoms with Gasteiger partial charge in [0.05, 0.1) is 12.1 Å². The van der Waals surface area contributed by atoms with Crippen molar-refractivity contribution in [3.8, 4) is 0 Å². The number of benzene rings is 1. The lowest BCUT2D eigenvalue weighted by Gasteiger charge is -2.19. The molecule has 0 bridgehead atoms. The summed E-state index contributed by atoms with van der Waals surface area (Å²) in [4.78, 5) is 11.4. The van der Waals surface area contributed by atoms with Gasteiger partial charge in [-0.2, -0.15) is 13.1 Å². The van der Waals surface area contributed by atoms with Gasteiger partial charge in [-0.3, -0.25) is 0 Å². The highest BCUT2D eigenvalue weighted by Crippen LogP contribution is 2.30. The molecule has 2 rings (SSSR count). The summed E-state index contributed by atoms with van der Waals surface area (Å²) < 4.78 is 32.9. The number of hydrogen-bond donors (Lipinski definition) is 3. The molecule has 0 heterocycles. The van der Waals surface area contributed by atoms with E-state index < -0.39 is 28.4 Å². The molecule has 0 radical (unpaired) electrons. The van der Waals surface area contributed by atoms with E-state index in [0.717, 1.165) is 11.1 Å². The molecule has 2 unspecified atom stereocenters. The zero-order valence-electron chi connectivity index (χ0n) is 11.9. The van der Waals surface area contributed by atoms with Crippen LogP contribution in [0.4, 0.5) is 4.79 Å². The quantitative estimate of drug-likeness (QED) is 0.753. The van der Waals surface area contributed by atoms with E-state index in [0.29, 0.717) is 6.42 Å². The van der Waals surface area contributed by atoms with E-state index >= 15 is 0 Å². The number of amides is 1. The molecule has 8 heteroatoms. The monoisotopic (exact) mass is 313 g/mol. The summed E-state index contributed by atoms with van der Waals surface area (Å²) >= 11 is 0. The van der Waals surface area contributed by atoms with Crippen LogP contribution < -0.4 is 15.2 Å². The third-order valence-corrected chi connectivity index (χ3v) is 4.12. The first-order valence-electron chi connectivity index (χ1n) is 6.62. The lowest BCUT2D eigenvalue weighted by atomic mass is 10.1. The summed E-state index contributed by atoms with van der Waals surface area (Å²) in [5.74, 6) is 0. The van der Waals surface area contributed by atoms with Gasteiger partial charge in [0.15, 0.2) is 0 Å². The zero-order chi connectivity index (χ0) is 15.6. The standard InChI is InChI=1S/C13H19N3O4S/c1-8(2)20-13(17)16-21(18,19)15-12-10-6-4-3-5-9(10)7-11(12)14/h3-6,8,11-12,15H,7,14H2,1-2H3,(H,16,17). The molecular weight excluding hydrogens is 294 g/mol. The number of fused-ring (bicyclic) bond motifs is 1. The number of carbonyl (C=O) groups is 1. The van der Waals surface area contributed by atoms with Crippen molar-refractivity contribution < 1.29 is 17.9 Å². The van der Waals surface area contributed by atoms with Crippen LogP contribution in [0, 0.1) is 0 Å². The number of nitrogens with two attached hydrogens (primary N) is 1. The normalized spacial score (nSPS) is 21.1. The van der Waals surface area contributed by atoms with Gasteiger partial charge in [-0.25, -0.2) is 9.52 Å². The second kappa shape index (κ2) is 6.00. The van der Waals surface area contributed by atoms with E-state index in [1.807, 2.05) is 29.0 Å². The van der Waals surface area contributed by atoms with Crippen molar-refractivity contribution in [2.24, 2.45) is 5.73 Å². The number of carbonyl (C=O) groups excluding carboxylic acids is 1. The summed E-state index contributed by atoms with van der Waals surface area (Å²) in [6.07, 6.45) is -0.841. The Morgan fingerprint density at radius 1 is 1.38 bits per heavy atom. The van der Waals surface area contributed by atoms with E-state index in [9.17, 15) is 13.2 Å². The third-order valence-electron chi connectivity index (χ3n) is 3.12. The van der Waals surface area contributed by atoms with E-state index in [4.69, 9.17) is 10.5 Å². The fourth-order valence-electron chi connectivity index (χ4n) is 2.32. The molecule has 0 saturated heterocycles. The molecule has 0 aliphatic heterocycles. The second-order valence-electron chi connectivity index (χ2n) is 5.22. The highest BCUT2D eigenvalue weighted by Gasteiger charge is 2.33. The minimum absolute atomic E-state index is 0.375. The van der Waals surface area contributed by atoms with E-state index in [1.54, 1.807) is 13.8 Å². The summed E-state index contributed by atoms with van der Waals surface area (Å²) in [7, 11) is -4.04. The Kier molecular flexibility index (Phi) is 4.50. The van der Waals surface area contributed by atoms with Crippen LogP contribution in [0.15, 0.2) is 24.3 Å². The lowest BCUT2D eigenvalue weighted by molar-refractivity contribution is 0.121. The first-order valence-corrected chi connectivity index (χ1v) is 8.11. The zero-order valence-corrected chi connectivity index (χ0v) is 12.7. The van der Waals surface area contributed by atoms with Crippen molar-refractivity contribution in [3.63, 3.8) is 0 Å². The summed E-state index contributed by atoms with van der Waals surface area (Å²) in [6.45, 7) is 3.26. The SMILES string of the molecule is CC(C)OC(=O)NS(=O)(=O)NC1c2ccccc2CC1N. The molecule has 1 aliphatic carbocycles. The second-order valence-corrected chi connectivity index (χ2v) is 6.67. The van der Waals surface area contributed by atoms with Gasteiger partial charge in [0, 0.05) is 6.04 Å². The maximum Gasteiger partial charge on any atom is 0.422 e. The topological polar surface area (TPSA) is 111 Å². The van der Waals surface area contributed by atoms with E-state index in [-0.39, 0.29) is 6.04 Å². The number of nitrogens with one attached hydrogen (secondary N) is 2. The minimum atomic E-state index is -4.04. The third kappa shape index (κ3) is 3.93. The Bertz CT molecular complexity index is 630. The molecule has 0 saturated carbocycles. The van der Waals surface area contributed by atoms with Crippen LogP contribution in [0.5, 0.6) is 0 Å². The van der Waals surface area contributed by atoms with Crippen molar-refractivity contribution in [2.75, 3.05) is 0 Å². The number of hydrogen-bond acceptors (Lipinski definition) is 5. The maximum atomic E-state index is 12.0. The molecule has 116 valence electrons. The van der Waals surface area contributed by atoms with Crippen molar-refractivity contribution in [2.45, 2.75) is 38.5 Å². The van der Waals surface area contributed by atoms with Gasteiger partial charge in [0.2, 0.25) is 0 Å². The molecule has 7 nitrogen and oxygen atoms in total. The van der Waals surface area contributed by atoms with Crippen LogP contribution in [0.2, 0.25) is 0 Å². The van der Waals surface area contributed by atoms with Crippen molar-refractivity contribution in [1.29, 1.82) is 0 Å². The Hall–Kier alpha value is -1.64. The molecule has 1 amide bonds. The molecule has 0 spiro atoms. The Morgan fingerprint density at radius 3 is 2.71 bits per heavy atom. The molecule has 0 aromatic heterocycles. The Labute approximate surface area is 124 Å². The molecule has 4 N–H and O–H groups in total. The van der Waals surface area contributed by atoms with Crippen LogP contribution in [-0.2, 0) is 21.4 Å². The molecular formula is C13H19N3O4S. The fourth-order valence-corrected chi connectivity index (χ4v) is 3.28. The highest BCUT2D eigenvalue weighted by molar-refractivity contribution is 7.88. The highest BCUT2D eigenvalue weighted by atomic mass is 32.2. The van der Waals surface area contributed by atoms with Gasteiger partial charge < -0.3 is 10.5 Å². The van der Waals surface area contributed by atoms with Gasteiger partial charge in [-0.05, 0) is 31.4 Å². The van der Waals surface area contributed by atoms with Crippen molar-refractivity contribution in [1.82, 2.24) is 9.44 Å². The molecule has 1 aromatic carbocycles. The number of ether oxygens (including phenoxy) is 1. The summed E-state index contributed by atoms with van der Waals surface area (Å²) in [6, 6.07) is 6.48. The van der Waals surface area contributed by atoms with Crippen LogP contribution in [0.25, 0.3) is 0 Å². The fraction of sp³-hybridized carbons (Fsp3) is 0.462. The first-order chi connectivity index (χ1) is 9.78. The minimum Gasteiger partial charge on any atom is -0.446 e. The van der Waals surface area contributed by atoms with Gasteiger partial charge in [-0.15, -0.1) is 0 Å². The van der Waals surface area contributed by atoms with Crippen LogP contribution >= 0.6 is 0 Å². The number of rotatable bonds is 4. The largest absolute Gasteiger partial charge is 0.446 e. The molecule has 2 atom stereocenters. The van der Waals surface area contributed by atoms with Gasteiger partial charge in [0.1, 0.15) is 0 Å².